The number of aliphatic hydroxyl groups excluding tert-OH is 1. The van der Waals surface area contributed by atoms with E-state index in [0.29, 0.717) is 12.2 Å². The molecule has 0 saturated carbocycles. The number of aromatic hydroxyl groups is 1. The lowest BCUT2D eigenvalue weighted by Gasteiger charge is -2.21. The minimum absolute atomic E-state index is 0.0954. The minimum atomic E-state index is -4.86. The number of nitrogens with one attached hydrogen (secondary N) is 3. The summed E-state index contributed by atoms with van der Waals surface area (Å²) in [6.07, 6.45) is -6.42. The number of carbonyl (C=O) groups excluding carboxylic acids is 1. The number of hydrogen-bond acceptors (Lipinski definition) is 6. The average molecular weight is 519 g/mol. The third-order valence-electron chi connectivity index (χ3n) is 4.49. The zero-order valence-electron chi connectivity index (χ0n) is 18.0. The van der Waals surface area contributed by atoms with Gasteiger partial charge in [-0.25, -0.2) is 0 Å². The van der Waals surface area contributed by atoms with Crippen LogP contribution in [0.5, 0.6) is 5.75 Å². The quantitative estimate of drug-likeness (QED) is 0.241. The van der Waals surface area contributed by atoms with E-state index in [0.717, 1.165) is 7.05 Å². The van der Waals surface area contributed by atoms with Crippen molar-refractivity contribution >= 4 is 40.5 Å². The van der Waals surface area contributed by atoms with E-state index in [4.69, 9.17) is 23.2 Å². The first kappa shape index (κ1) is 27.3. The van der Waals surface area contributed by atoms with Crippen LogP contribution in [0.3, 0.4) is 0 Å². The predicted molar refractivity (Wildman–Crippen MR) is 126 cm³/mol. The molecule has 2 aromatic rings. The second-order valence-electron chi connectivity index (χ2n) is 6.91. The van der Waals surface area contributed by atoms with E-state index in [1.165, 1.54) is 24.3 Å². The van der Waals surface area contributed by atoms with E-state index in [-0.39, 0.29) is 22.9 Å². The van der Waals surface area contributed by atoms with Crippen molar-refractivity contribution in [3.05, 3.63) is 69.8 Å². The Labute approximate surface area is 204 Å². The summed E-state index contributed by atoms with van der Waals surface area (Å²) < 4.78 is 40.0. The van der Waals surface area contributed by atoms with Gasteiger partial charge in [0.2, 0.25) is 5.91 Å². The number of halogens is 5. The van der Waals surface area contributed by atoms with Crippen LogP contribution in [0.1, 0.15) is 11.7 Å². The number of allylic oxidation sites excluding steroid dienone is 1. The molecule has 34 heavy (non-hydrogen) atoms. The van der Waals surface area contributed by atoms with Crippen LogP contribution in [0.4, 0.5) is 18.9 Å². The molecule has 0 aliphatic carbocycles. The van der Waals surface area contributed by atoms with Crippen molar-refractivity contribution in [3.63, 3.8) is 0 Å². The van der Waals surface area contributed by atoms with Gasteiger partial charge >= 0.3 is 6.18 Å². The molecule has 0 heterocycles. The molecule has 7 nitrogen and oxygen atoms in total. The highest BCUT2D eigenvalue weighted by Crippen LogP contribution is 2.30. The number of carbonyl (C=O) groups is 1. The Balaban J connectivity index is 2.04. The molecule has 1 unspecified atom stereocenters. The van der Waals surface area contributed by atoms with Gasteiger partial charge in [-0.2, -0.15) is 13.2 Å². The van der Waals surface area contributed by atoms with Crippen molar-refractivity contribution in [2.45, 2.75) is 12.3 Å². The second kappa shape index (κ2) is 12.5. The summed E-state index contributed by atoms with van der Waals surface area (Å²) in [7, 11) is 0.928. The normalized spacial score (nSPS) is 13.7. The van der Waals surface area contributed by atoms with Gasteiger partial charge in [0.15, 0.2) is 5.71 Å². The average Bonchev–Trinajstić information content (AvgIpc) is 2.79. The smallest absolute Gasteiger partial charge is 0.434 e. The molecule has 0 aliphatic rings. The molecule has 2 rings (SSSR count). The van der Waals surface area contributed by atoms with Crippen LogP contribution in [0.25, 0.3) is 0 Å². The Morgan fingerprint density at radius 1 is 1.12 bits per heavy atom. The number of anilines is 1. The van der Waals surface area contributed by atoms with Crippen molar-refractivity contribution in [1.29, 1.82) is 0 Å². The molecule has 5 N–H and O–H groups in total. The van der Waals surface area contributed by atoms with Crippen LogP contribution < -0.4 is 16.0 Å². The van der Waals surface area contributed by atoms with Gasteiger partial charge < -0.3 is 26.2 Å². The third kappa shape index (κ3) is 7.82. The Morgan fingerprint density at radius 2 is 1.79 bits per heavy atom. The number of aliphatic hydroxyl groups is 1. The highest BCUT2D eigenvalue weighted by molar-refractivity contribution is 6.44. The predicted octanol–water partition coefficient (Wildman–Crippen LogP) is 3.98. The van der Waals surface area contributed by atoms with Crippen LogP contribution in [0, 0.1) is 0 Å². The van der Waals surface area contributed by atoms with Crippen molar-refractivity contribution in [2.75, 3.05) is 32.0 Å². The largest absolute Gasteiger partial charge is 0.506 e. The van der Waals surface area contributed by atoms with Gasteiger partial charge in [-0.05, 0) is 17.7 Å². The first-order valence-electron chi connectivity index (χ1n) is 9.94. The molecule has 0 fully saturated rings. The van der Waals surface area contributed by atoms with Crippen LogP contribution in [-0.4, -0.2) is 54.7 Å². The van der Waals surface area contributed by atoms with Crippen LogP contribution in [-0.2, 0) is 4.79 Å². The SMILES string of the molecule is CN=C(C(Cl)=C(NCC(=O)NCCNc1ccc(Cl)c(O)c1)C(O)c1ccccc1)C(F)(F)F. The summed E-state index contributed by atoms with van der Waals surface area (Å²) in [6, 6.07) is 12.5. The lowest BCUT2D eigenvalue weighted by molar-refractivity contribution is -0.120. The van der Waals surface area contributed by atoms with Gasteiger partial charge in [-0.1, -0.05) is 53.5 Å². The first-order chi connectivity index (χ1) is 16.0. The van der Waals surface area contributed by atoms with E-state index in [1.54, 1.807) is 24.3 Å². The Bertz CT molecular complexity index is 1050. The third-order valence-corrected chi connectivity index (χ3v) is 5.19. The fourth-order valence-electron chi connectivity index (χ4n) is 2.84. The van der Waals surface area contributed by atoms with Gasteiger partial charge in [0.05, 0.1) is 22.3 Å². The maximum Gasteiger partial charge on any atom is 0.434 e. The monoisotopic (exact) mass is 518 g/mol. The summed E-state index contributed by atoms with van der Waals surface area (Å²) in [6.45, 7) is 0.0117. The molecule has 0 radical (unpaired) electrons. The molecule has 0 aliphatic heterocycles. The number of amides is 1. The molecule has 0 spiro atoms. The summed E-state index contributed by atoms with van der Waals surface area (Å²) in [5.74, 6) is -0.646. The highest BCUT2D eigenvalue weighted by Gasteiger charge is 2.39. The highest BCUT2D eigenvalue weighted by atomic mass is 35.5. The number of alkyl halides is 3. The fourth-order valence-corrected chi connectivity index (χ4v) is 3.32. The molecule has 0 aromatic heterocycles. The molecular weight excluding hydrogens is 496 g/mol. The van der Waals surface area contributed by atoms with Crippen LogP contribution >= 0.6 is 23.2 Å². The molecule has 0 saturated heterocycles. The fraction of sp³-hybridized carbons (Fsp3) is 0.273. The maximum atomic E-state index is 13.3. The van der Waals surface area contributed by atoms with Gasteiger partial charge in [-0.15, -0.1) is 0 Å². The number of aliphatic imine (C=N–C) groups is 1. The van der Waals surface area contributed by atoms with Crippen molar-refractivity contribution in [2.24, 2.45) is 4.99 Å². The molecular formula is C22H23Cl2F3N4O3. The van der Waals surface area contributed by atoms with Crippen molar-refractivity contribution in [1.82, 2.24) is 10.6 Å². The minimum Gasteiger partial charge on any atom is -0.506 e. The molecule has 1 amide bonds. The molecule has 1 atom stereocenters. The standard InChI is InChI=1S/C22H23Cl2F3N4O3/c1-28-21(22(25,26)27)18(24)19(20(34)13-5-3-2-4-6-13)31-12-17(33)30-10-9-29-14-7-8-15(23)16(32)11-14/h2-8,11,20,29,31-32,34H,9-10,12H2,1H3,(H,30,33). The summed E-state index contributed by atoms with van der Waals surface area (Å²) in [5.41, 5.74) is -0.939. The van der Waals surface area contributed by atoms with E-state index in [2.05, 4.69) is 20.9 Å². The van der Waals surface area contributed by atoms with E-state index in [9.17, 15) is 28.2 Å². The van der Waals surface area contributed by atoms with Crippen molar-refractivity contribution in [3.8, 4) is 5.75 Å². The number of phenols is 1. The Morgan fingerprint density at radius 3 is 2.38 bits per heavy atom. The molecule has 2 aromatic carbocycles. The summed E-state index contributed by atoms with van der Waals surface area (Å²) in [4.78, 5) is 15.4. The van der Waals surface area contributed by atoms with E-state index in [1.807, 2.05) is 0 Å². The number of phenolic OH excluding ortho intramolecular Hbond substituents is 1. The summed E-state index contributed by atoms with van der Waals surface area (Å²) >= 11 is 11.7. The zero-order valence-corrected chi connectivity index (χ0v) is 19.5. The van der Waals surface area contributed by atoms with E-state index < -0.39 is 41.2 Å². The number of nitrogens with zero attached hydrogens (tertiary/aromatic N) is 1. The zero-order chi connectivity index (χ0) is 25.3. The molecule has 12 heteroatoms. The number of hydrogen-bond donors (Lipinski definition) is 5. The van der Waals surface area contributed by atoms with Gasteiger partial charge in [0, 0.05) is 31.9 Å². The van der Waals surface area contributed by atoms with Gasteiger partial charge in [0.1, 0.15) is 11.9 Å². The second-order valence-corrected chi connectivity index (χ2v) is 7.69. The number of rotatable bonds is 10. The van der Waals surface area contributed by atoms with Gasteiger partial charge in [0.25, 0.3) is 0 Å². The molecule has 184 valence electrons. The lowest BCUT2D eigenvalue weighted by Crippen LogP contribution is -2.38. The van der Waals surface area contributed by atoms with Crippen molar-refractivity contribution < 1.29 is 28.2 Å². The maximum absolute atomic E-state index is 13.3. The van der Waals surface area contributed by atoms with E-state index >= 15 is 0 Å². The lowest BCUT2D eigenvalue weighted by atomic mass is 10.0. The summed E-state index contributed by atoms with van der Waals surface area (Å²) in [5, 5.41) is 27.6. The Hall–Kier alpha value is -2.95. The topological polar surface area (TPSA) is 106 Å². The van der Waals surface area contributed by atoms with Crippen LogP contribution in [0.2, 0.25) is 5.02 Å². The Kier molecular flexibility index (Phi) is 10.0. The van der Waals surface area contributed by atoms with Crippen LogP contribution in [0.15, 0.2) is 64.3 Å². The number of benzene rings is 2. The molecule has 0 bridgehead atoms. The first-order valence-corrected chi connectivity index (χ1v) is 10.7. The van der Waals surface area contributed by atoms with Gasteiger partial charge in [-0.3, -0.25) is 9.79 Å².